The highest BCUT2D eigenvalue weighted by Gasteiger charge is 2.12. The fraction of sp³-hybridized carbons (Fsp3) is 0.462. The standard InChI is InChI=1S/C13H19NO2/c1-4-9-16-13(15)11-7-5-6-8-12(11)14-10(2)3/h5-8,10,14H,4,9H2,1-3H3. The molecule has 0 amide bonds. The molecule has 0 fully saturated rings. The molecule has 16 heavy (non-hydrogen) atoms. The second kappa shape index (κ2) is 6.16. The molecule has 1 N–H and O–H groups in total. The van der Waals surface area contributed by atoms with Crippen LogP contribution in [0.1, 0.15) is 37.6 Å². The van der Waals surface area contributed by atoms with E-state index in [4.69, 9.17) is 4.74 Å². The van der Waals surface area contributed by atoms with Gasteiger partial charge >= 0.3 is 5.97 Å². The Bertz CT molecular complexity index is 348. The predicted octanol–water partition coefficient (Wildman–Crippen LogP) is 3.07. The van der Waals surface area contributed by atoms with Gasteiger partial charge < -0.3 is 10.1 Å². The van der Waals surface area contributed by atoms with Crippen LogP contribution < -0.4 is 5.32 Å². The highest BCUT2D eigenvalue weighted by atomic mass is 16.5. The van der Waals surface area contributed by atoms with E-state index in [-0.39, 0.29) is 5.97 Å². The molecule has 0 aliphatic rings. The van der Waals surface area contributed by atoms with Gasteiger partial charge in [-0.25, -0.2) is 4.79 Å². The quantitative estimate of drug-likeness (QED) is 0.776. The first-order chi connectivity index (χ1) is 7.65. The van der Waals surface area contributed by atoms with Crippen LogP contribution >= 0.6 is 0 Å². The van der Waals surface area contributed by atoms with Crippen LogP contribution in [0.25, 0.3) is 0 Å². The molecule has 0 aromatic heterocycles. The van der Waals surface area contributed by atoms with Gasteiger partial charge in [-0.15, -0.1) is 0 Å². The molecule has 3 heteroatoms. The summed E-state index contributed by atoms with van der Waals surface area (Å²) in [6.07, 6.45) is 0.839. The second-order valence-electron chi connectivity index (χ2n) is 3.98. The highest BCUT2D eigenvalue weighted by Crippen LogP contribution is 2.17. The van der Waals surface area contributed by atoms with Crippen LogP contribution in [0.3, 0.4) is 0 Å². The first-order valence-corrected chi connectivity index (χ1v) is 5.67. The van der Waals surface area contributed by atoms with Crippen molar-refractivity contribution in [3.63, 3.8) is 0 Å². The minimum atomic E-state index is -0.259. The van der Waals surface area contributed by atoms with Crippen LogP contribution in [-0.2, 0) is 4.74 Å². The van der Waals surface area contributed by atoms with Gasteiger partial charge in [0, 0.05) is 11.7 Å². The molecule has 3 nitrogen and oxygen atoms in total. The summed E-state index contributed by atoms with van der Waals surface area (Å²) in [5, 5.41) is 3.23. The third-order valence-electron chi connectivity index (χ3n) is 2.03. The Morgan fingerprint density at radius 3 is 2.69 bits per heavy atom. The molecule has 0 bridgehead atoms. The van der Waals surface area contributed by atoms with Crippen molar-refractivity contribution in [3.05, 3.63) is 29.8 Å². The van der Waals surface area contributed by atoms with Gasteiger partial charge in [0.25, 0.3) is 0 Å². The van der Waals surface area contributed by atoms with Crippen molar-refractivity contribution >= 4 is 11.7 Å². The molecule has 0 atom stereocenters. The van der Waals surface area contributed by atoms with Gasteiger partial charge in [-0.1, -0.05) is 19.1 Å². The normalized spacial score (nSPS) is 10.2. The van der Waals surface area contributed by atoms with E-state index in [1.807, 2.05) is 39.0 Å². The maximum absolute atomic E-state index is 11.7. The lowest BCUT2D eigenvalue weighted by atomic mass is 10.1. The van der Waals surface area contributed by atoms with E-state index in [0.29, 0.717) is 18.2 Å². The van der Waals surface area contributed by atoms with Crippen LogP contribution in [0.5, 0.6) is 0 Å². The largest absolute Gasteiger partial charge is 0.462 e. The Morgan fingerprint density at radius 2 is 2.06 bits per heavy atom. The Labute approximate surface area is 96.8 Å². The maximum Gasteiger partial charge on any atom is 0.340 e. The number of carbonyl (C=O) groups is 1. The molecular weight excluding hydrogens is 202 g/mol. The average molecular weight is 221 g/mol. The summed E-state index contributed by atoms with van der Waals surface area (Å²) in [6, 6.07) is 7.71. The number of hydrogen-bond acceptors (Lipinski definition) is 3. The zero-order valence-electron chi connectivity index (χ0n) is 10.1. The SMILES string of the molecule is CCCOC(=O)c1ccccc1NC(C)C. The van der Waals surface area contributed by atoms with Gasteiger partial charge in [-0.2, -0.15) is 0 Å². The highest BCUT2D eigenvalue weighted by molar-refractivity contribution is 5.95. The number of para-hydroxylation sites is 1. The smallest absolute Gasteiger partial charge is 0.340 e. The van der Waals surface area contributed by atoms with E-state index in [1.54, 1.807) is 6.07 Å². The van der Waals surface area contributed by atoms with Crippen LogP contribution in [-0.4, -0.2) is 18.6 Å². The van der Waals surface area contributed by atoms with Crippen LogP contribution in [0.2, 0.25) is 0 Å². The number of nitrogens with one attached hydrogen (secondary N) is 1. The van der Waals surface area contributed by atoms with Gasteiger partial charge in [0.05, 0.1) is 12.2 Å². The molecule has 0 aliphatic heterocycles. The minimum Gasteiger partial charge on any atom is -0.462 e. The van der Waals surface area contributed by atoms with E-state index in [2.05, 4.69) is 5.32 Å². The lowest BCUT2D eigenvalue weighted by molar-refractivity contribution is 0.0506. The number of esters is 1. The monoisotopic (exact) mass is 221 g/mol. The fourth-order valence-corrected chi connectivity index (χ4v) is 1.37. The summed E-state index contributed by atoms with van der Waals surface area (Å²) in [7, 11) is 0. The summed E-state index contributed by atoms with van der Waals surface area (Å²) in [5.41, 5.74) is 1.43. The Kier molecular flexibility index (Phi) is 4.83. The van der Waals surface area contributed by atoms with Crippen molar-refractivity contribution < 1.29 is 9.53 Å². The molecule has 0 spiro atoms. The molecule has 0 unspecified atom stereocenters. The fourth-order valence-electron chi connectivity index (χ4n) is 1.37. The van der Waals surface area contributed by atoms with Gasteiger partial charge in [0.2, 0.25) is 0 Å². The first-order valence-electron chi connectivity index (χ1n) is 5.67. The zero-order chi connectivity index (χ0) is 12.0. The van der Waals surface area contributed by atoms with Crippen LogP contribution in [0, 0.1) is 0 Å². The summed E-state index contributed by atoms with van der Waals surface area (Å²) < 4.78 is 5.12. The molecular formula is C13H19NO2. The van der Waals surface area contributed by atoms with Crippen molar-refractivity contribution in [1.29, 1.82) is 0 Å². The molecule has 0 saturated carbocycles. The summed E-state index contributed by atoms with van der Waals surface area (Å²) in [6.45, 7) is 6.52. The van der Waals surface area contributed by atoms with Gasteiger partial charge in [-0.3, -0.25) is 0 Å². The van der Waals surface area contributed by atoms with Crippen molar-refractivity contribution in [3.8, 4) is 0 Å². The number of anilines is 1. The van der Waals surface area contributed by atoms with E-state index >= 15 is 0 Å². The van der Waals surface area contributed by atoms with Gasteiger partial charge in [0.15, 0.2) is 0 Å². The summed E-state index contributed by atoms with van der Waals surface area (Å²) >= 11 is 0. The number of benzene rings is 1. The zero-order valence-corrected chi connectivity index (χ0v) is 10.1. The lowest BCUT2D eigenvalue weighted by Crippen LogP contribution is -2.15. The Hall–Kier alpha value is -1.51. The van der Waals surface area contributed by atoms with Gasteiger partial charge in [-0.05, 0) is 32.4 Å². The molecule has 0 heterocycles. The molecule has 0 aliphatic carbocycles. The van der Waals surface area contributed by atoms with E-state index < -0.39 is 0 Å². The van der Waals surface area contributed by atoms with Crippen molar-refractivity contribution in [2.45, 2.75) is 33.2 Å². The third kappa shape index (κ3) is 3.57. The second-order valence-corrected chi connectivity index (χ2v) is 3.98. The van der Waals surface area contributed by atoms with Crippen molar-refractivity contribution in [2.24, 2.45) is 0 Å². The minimum absolute atomic E-state index is 0.259. The molecule has 1 aromatic rings. The Morgan fingerprint density at radius 1 is 1.38 bits per heavy atom. The number of carbonyl (C=O) groups excluding carboxylic acids is 1. The molecule has 1 rings (SSSR count). The van der Waals surface area contributed by atoms with E-state index in [0.717, 1.165) is 12.1 Å². The number of rotatable bonds is 5. The molecule has 88 valence electrons. The molecule has 0 saturated heterocycles. The first kappa shape index (κ1) is 12.6. The van der Waals surface area contributed by atoms with Crippen molar-refractivity contribution in [1.82, 2.24) is 0 Å². The molecule has 1 aromatic carbocycles. The third-order valence-corrected chi connectivity index (χ3v) is 2.03. The van der Waals surface area contributed by atoms with E-state index in [1.165, 1.54) is 0 Å². The summed E-state index contributed by atoms with van der Waals surface area (Å²) in [4.78, 5) is 11.7. The number of ether oxygens (including phenoxy) is 1. The van der Waals surface area contributed by atoms with Gasteiger partial charge in [0.1, 0.15) is 0 Å². The average Bonchev–Trinajstić information content (AvgIpc) is 2.26. The molecule has 0 radical (unpaired) electrons. The predicted molar refractivity (Wildman–Crippen MR) is 65.8 cm³/mol. The Balaban J connectivity index is 2.81. The van der Waals surface area contributed by atoms with E-state index in [9.17, 15) is 4.79 Å². The maximum atomic E-state index is 11.7. The summed E-state index contributed by atoms with van der Waals surface area (Å²) in [5.74, 6) is -0.259. The number of hydrogen-bond donors (Lipinski definition) is 1. The topological polar surface area (TPSA) is 38.3 Å². The lowest BCUT2D eigenvalue weighted by Gasteiger charge is -2.13. The van der Waals surface area contributed by atoms with Crippen molar-refractivity contribution in [2.75, 3.05) is 11.9 Å². The van der Waals surface area contributed by atoms with Crippen LogP contribution in [0.15, 0.2) is 24.3 Å². The van der Waals surface area contributed by atoms with Crippen LogP contribution in [0.4, 0.5) is 5.69 Å².